The smallest absolute Gasteiger partial charge is 0.388 e. The number of aliphatic hydroxyl groups is 2. The van der Waals surface area contributed by atoms with Gasteiger partial charge in [0.15, 0.2) is 48.8 Å². The highest BCUT2D eigenvalue weighted by molar-refractivity contribution is 7.47. The topological polar surface area (TPSA) is 348 Å². The minimum absolute atomic E-state index is 0.145. The number of hydrogen-bond acceptors (Lipinski definition) is 19. The van der Waals surface area contributed by atoms with Crippen molar-refractivity contribution in [3.05, 3.63) is 0 Å². The SMILES string of the molecule is C[C@H]1[C@@H](O)[C@H](N2C=NC3C(=O)NC(N)=NC32)O[C@@H]1COP(=O)(O)O[C@H]1[C@@H](O)[C@H](N2C=NC3C(=O)NC(N)=NC32)O[C@@H]1COP(=O)(O)O. The molecule has 47 heavy (non-hydrogen) atoms. The maximum atomic E-state index is 13.1. The number of amides is 2. The van der Waals surface area contributed by atoms with Gasteiger partial charge in [-0.1, -0.05) is 6.92 Å². The van der Waals surface area contributed by atoms with Crippen LogP contribution in [0.4, 0.5) is 0 Å². The van der Waals surface area contributed by atoms with Gasteiger partial charge in [-0.3, -0.25) is 43.8 Å². The normalized spacial score (nSPS) is 40.9. The van der Waals surface area contributed by atoms with Crippen molar-refractivity contribution >= 4 is 52.1 Å². The van der Waals surface area contributed by atoms with Crippen LogP contribution in [0.5, 0.6) is 0 Å². The number of phosphoric ester groups is 2. The standard InChI is InChI=1S/C21H32N10O14P2/c1-6-7(43-18(11(6)32)30-4-24-9-14(30)26-20(22)28-16(9)34)2-42-47(39,40)45-13-8(3-41-46(36,37)38)44-19(12(13)33)31-5-25-10-15(31)27-21(23)29-17(10)35/h4-15,18-19,32-33H,2-3H2,1H3,(H,39,40)(H2,36,37,38)(H3,22,26,28,34)(H3,23,27,29,35)/t6-,7-,8-,9?,10?,11-,12-,13-,14?,15?,18-,19-/m1/s1. The minimum Gasteiger partial charge on any atom is -0.388 e. The molecule has 6 aliphatic heterocycles. The second-order valence-corrected chi connectivity index (χ2v) is 13.9. The molecule has 0 aromatic rings. The number of nitrogens with two attached hydrogens (primary N) is 2. The Kier molecular flexibility index (Phi) is 8.91. The number of carbonyl (C=O) groups is 2. The highest BCUT2D eigenvalue weighted by atomic mass is 31.2. The third kappa shape index (κ3) is 6.64. The number of hydrogen-bond donors (Lipinski definition) is 9. The van der Waals surface area contributed by atoms with Gasteiger partial charge in [0.25, 0.3) is 11.8 Å². The maximum Gasteiger partial charge on any atom is 0.472 e. The summed E-state index contributed by atoms with van der Waals surface area (Å²) in [5.41, 5.74) is 11.3. The number of fused-ring (bicyclic) bond motifs is 2. The molecule has 6 rings (SSSR count). The van der Waals surface area contributed by atoms with Crippen LogP contribution in [0.2, 0.25) is 0 Å². The summed E-state index contributed by atoms with van der Waals surface area (Å²) in [7, 11) is -10.2. The summed E-state index contributed by atoms with van der Waals surface area (Å²) in [6, 6.07) is -2.00. The molecule has 0 radical (unpaired) electrons. The molecule has 6 aliphatic rings. The molecule has 0 saturated carbocycles. The fraction of sp³-hybridized carbons (Fsp3) is 0.714. The Labute approximate surface area is 264 Å². The highest BCUT2D eigenvalue weighted by Crippen LogP contribution is 2.49. The Bertz CT molecular complexity index is 1510. The average Bonchev–Trinajstić information content (AvgIpc) is 3.72. The predicted octanol–water partition coefficient (Wildman–Crippen LogP) is -5.63. The van der Waals surface area contributed by atoms with E-state index in [2.05, 4.69) is 35.1 Å². The molecule has 2 fully saturated rings. The largest absolute Gasteiger partial charge is 0.472 e. The van der Waals surface area contributed by atoms with Crippen LogP contribution in [0.25, 0.3) is 0 Å². The van der Waals surface area contributed by atoms with E-state index >= 15 is 0 Å². The van der Waals surface area contributed by atoms with Gasteiger partial charge in [-0.25, -0.2) is 19.1 Å². The fourth-order valence-corrected chi connectivity index (χ4v) is 7.14. The van der Waals surface area contributed by atoms with Crippen molar-refractivity contribution in [2.24, 2.45) is 37.4 Å². The number of guanidine groups is 2. The van der Waals surface area contributed by atoms with Gasteiger partial charge in [0.1, 0.15) is 24.4 Å². The fourth-order valence-electron chi connectivity index (χ4n) is 5.83. The van der Waals surface area contributed by atoms with E-state index in [1.165, 1.54) is 16.1 Å². The van der Waals surface area contributed by atoms with Gasteiger partial charge in [-0.15, -0.1) is 0 Å². The Morgan fingerprint density at radius 1 is 0.851 bits per heavy atom. The zero-order valence-corrected chi connectivity index (χ0v) is 25.9. The zero-order chi connectivity index (χ0) is 34.0. The minimum atomic E-state index is -5.12. The van der Waals surface area contributed by atoms with E-state index in [0.717, 1.165) is 6.34 Å². The van der Waals surface area contributed by atoms with Gasteiger partial charge < -0.3 is 55.6 Å². The second kappa shape index (κ2) is 12.4. The van der Waals surface area contributed by atoms with Crippen LogP contribution < -0.4 is 22.1 Å². The van der Waals surface area contributed by atoms with Crippen LogP contribution in [-0.4, -0.2) is 152 Å². The molecule has 2 saturated heterocycles. The lowest BCUT2D eigenvalue weighted by atomic mass is 10.0. The molecule has 5 unspecified atom stereocenters. The van der Waals surface area contributed by atoms with Crippen LogP contribution in [0.15, 0.2) is 20.0 Å². The van der Waals surface area contributed by atoms with Crippen molar-refractivity contribution < 1.29 is 66.7 Å². The third-order valence-corrected chi connectivity index (χ3v) is 9.64. The summed E-state index contributed by atoms with van der Waals surface area (Å²) in [5.74, 6) is -2.17. The quantitative estimate of drug-likeness (QED) is 0.0954. The molecule has 260 valence electrons. The van der Waals surface area contributed by atoms with E-state index in [9.17, 15) is 43.6 Å². The molecule has 0 spiro atoms. The van der Waals surface area contributed by atoms with Crippen LogP contribution in [0.1, 0.15) is 6.92 Å². The highest BCUT2D eigenvalue weighted by Gasteiger charge is 2.55. The molecule has 0 aliphatic carbocycles. The lowest BCUT2D eigenvalue weighted by Gasteiger charge is -2.33. The zero-order valence-electron chi connectivity index (χ0n) is 24.1. The van der Waals surface area contributed by atoms with E-state index in [1.807, 2.05) is 0 Å². The monoisotopic (exact) mass is 710 g/mol. The number of ether oxygens (including phenoxy) is 2. The Morgan fingerprint density at radius 3 is 1.87 bits per heavy atom. The first-order chi connectivity index (χ1) is 22.0. The molecule has 6 heterocycles. The van der Waals surface area contributed by atoms with E-state index in [4.69, 9.17) is 30.0 Å². The Morgan fingerprint density at radius 2 is 1.34 bits per heavy atom. The molecular formula is C21H32N10O14P2. The summed E-state index contributed by atoms with van der Waals surface area (Å²) in [6.07, 6.45) is -9.48. The number of aliphatic imine (C=N–C) groups is 4. The molecule has 26 heteroatoms. The van der Waals surface area contributed by atoms with Crippen molar-refractivity contribution in [1.82, 2.24) is 20.4 Å². The first-order valence-corrected chi connectivity index (χ1v) is 17.0. The summed E-state index contributed by atoms with van der Waals surface area (Å²) in [6.45, 7) is 0.0581. The first-order valence-electron chi connectivity index (χ1n) is 14.0. The Hall–Kier alpha value is -3.12. The van der Waals surface area contributed by atoms with Crippen molar-refractivity contribution in [3.8, 4) is 0 Å². The molecule has 0 aromatic carbocycles. The van der Waals surface area contributed by atoms with E-state index in [-0.39, 0.29) is 11.9 Å². The number of rotatable bonds is 10. The number of nitrogens with zero attached hydrogens (tertiary/aromatic N) is 6. The maximum absolute atomic E-state index is 13.1. The van der Waals surface area contributed by atoms with Crippen molar-refractivity contribution in [2.75, 3.05) is 13.2 Å². The van der Waals surface area contributed by atoms with Gasteiger partial charge >= 0.3 is 15.6 Å². The van der Waals surface area contributed by atoms with Gasteiger partial charge in [0.2, 0.25) is 0 Å². The molecular weight excluding hydrogens is 678 g/mol. The number of carbonyl (C=O) groups excluding carboxylic acids is 2. The molecule has 0 bridgehead atoms. The number of aliphatic hydroxyl groups excluding tert-OH is 2. The first kappa shape index (κ1) is 33.8. The van der Waals surface area contributed by atoms with Crippen molar-refractivity contribution in [2.45, 2.75) is 74.3 Å². The van der Waals surface area contributed by atoms with E-state index in [1.54, 1.807) is 6.92 Å². The van der Waals surface area contributed by atoms with Crippen LogP contribution in [0, 0.1) is 5.92 Å². The molecule has 11 N–H and O–H groups in total. The van der Waals surface area contributed by atoms with E-state index in [0.29, 0.717) is 0 Å². The summed E-state index contributed by atoms with van der Waals surface area (Å²) >= 11 is 0. The third-order valence-electron chi connectivity index (χ3n) is 8.17. The molecule has 0 aromatic heterocycles. The van der Waals surface area contributed by atoms with Crippen molar-refractivity contribution in [3.63, 3.8) is 0 Å². The summed E-state index contributed by atoms with van der Waals surface area (Å²) < 4.78 is 51.1. The number of phosphoric acid groups is 2. The predicted molar refractivity (Wildman–Crippen MR) is 152 cm³/mol. The molecule has 2 amide bonds. The Balaban J connectivity index is 1.12. The average molecular weight is 710 g/mol. The lowest BCUT2D eigenvalue weighted by molar-refractivity contribution is -0.125. The van der Waals surface area contributed by atoms with Gasteiger partial charge in [0, 0.05) is 5.92 Å². The van der Waals surface area contributed by atoms with Crippen LogP contribution >= 0.6 is 15.6 Å². The molecule has 24 nitrogen and oxygen atoms in total. The summed E-state index contributed by atoms with van der Waals surface area (Å²) in [5, 5.41) is 26.7. The van der Waals surface area contributed by atoms with Gasteiger partial charge in [-0.2, -0.15) is 0 Å². The second-order valence-electron chi connectivity index (χ2n) is 11.2. The number of nitrogens with one attached hydrogen (secondary N) is 2. The lowest BCUT2D eigenvalue weighted by Crippen LogP contribution is -2.57. The van der Waals surface area contributed by atoms with E-state index < -0.39 is 114 Å². The van der Waals surface area contributed by atoms with Crippen LogP contribution in [-0.2, 0) is 41.8 Å². The summed E-state index contributed by atoms with van der Waals surface area (Å²) in [4.78, 5) is 72.5. The van der Waals surface area contributed by atoms with Crippen molar-refractivity contribution in [1.29, 1.82) is 0 Å². The van der Waals surface area contributed by atoms with Gasteiger partial charge in [0.05, 0.1) is 32.0 Å². The molecule has 13 atom stereocenters. The van der Waals surface area contributed by atoms with Gasteiger partial charge in [-0.05, 0) is 0 Å². The van der Waals surface area contributed by atoms with Crippen LogP contribution in [0.3, 0.4) is 0 Å².